The van der Waals surface area contributed by atoms with Crippen LogP contribution in [0, 0.1) is 5.82 Å². The summed E-state index contributed by atoms with van der Waals surface area (Å²) in [7, 11) is -3.10. The Morgan fingerprint density at radius 3 is 2.43 bits per heavy atom. The molecule has 0 N–H and O–H groups in total. The van der Waals surface area contributed by atoms with E-state index in [9.17, 15) is 12.8 Å². The molecule has 0 radical (unpaired) electrons. The molecule has 124 valence electrons. The molecule has 0 bridgehead atoms. The zero-order valence-electron chi connectivity index (χ0n) is 13.0. The molecule has 0 atom stereocenters. The second kappa shape index (κ2) is 6.41. The molecule has 0 unspecified atom stereocenters. The van der Waals surface area contributed by atoms with Crippen LogP contribution in [0.25, 0.3) is 11.1 Å². The third kappa shape index (κ3) is 3.45. The fraction of sp³-hybridized carbons (Fsp3) is 0.438. The summed E-state index contributed by atoms with van der Waals surface area (Å²) < 4.78 is 40.2. The first-order valence-electron chi connectivity index (χ1n) is 7.77. The largest absolute Gasteiger partial charge is 0.269 e. The Labute approximate surface area is 135 Å². The van der Waals surface area contributed by atoms with Crippen LogP contribution in [0.2, 0.25) is 0 Å². The van der Waals surface area contributed by atoms with E-state index in [4.69, 9.17) is 0 Å². The summed E-state index contributed by atoms with van der Waals surface area (Å²) in [5.41, 5.74) is 1.86. The van der Waals surface area contributed by atoms with Crippen molar-refractivity contribution in [2.75, 3.05) is 18.8 Å². The monoisotopic (exact) mass is 337 g/mol. The Morgan fingerprint density at radius 2 is 1.83 bits per heavy atom. The number of aromatic nitrogens is 2. The van der Waals surface area contributed by atoms with Gasteiger partial charge in [-0.2, -0.15) is 5.10 Å². The van der Waals surface area contributed by atoms with Gasteiger partial charge in [-0.15, -0.1) is 0 Å². The van der Waals surface area contributed by atoms with Crippen molar-refractivity contribution in [1.29, 1.82) is 0 Å². The Hall–Kier alpha value is -1.73. The topological polar surface area (TPSA) is 55.2 Å². The molecule has 3 rings (SSSR count). The highest BCUT2D eigenvalue weighted by molar-refractivity contribution is 7.89. The third-order valence-electron chi connectivity index (χ3n) is 4.33. The number of hydrogen-bond donors (Lipinski definition) is 0. The molecule has 0 saturated carbocycles. The van der Waals surface area contributed by atoms with Gasteiger partial charge in [-0.1, -0.05) is 12.1 Å². The standard InChI is InChI=1S/C16H20FN3O2S/c1-2-23(21,22)19-9-7-16(8-10-19)20-12-14(11-18-20)13-3-5-15(17)6-4-13/h3-6,11-12,16H,2,7-10H2,1H3. The molecular weight excluding hydrogens is 317 g/mol. The number of rotatable bonds is 4. The van der Waals surface area contributed by atoms with Crippen molar-refractivity contribution in [1.82, 2.24) is 14.1 Å². The summed E-state index contributed by atoms with van der Waals surface area (Å²) in [5.74, 6) is -0.112. The van der Waals surface area contributed by atoms with E-state index in [1.54, 1.807) is 29.6 Å². The first-order valence-corrected chi connectivity index (χ1v) is 9.38. The van der Waals surface area contributed by atoms with Gasteiger partial charge in [-0.05, 0) is 37.5 Å². The maximum absolute atomic E-state index is 13.0. The molecule has 7 heteroatoms. The van der Waals surface area contributed by atoms with Crippen LogP contribution in [0.1, 0.15) is 25.8 Å². The molecule has 2 heterocycles. The normalized spacial score (nSPS) is 17.5. The maximum atomic E-state index is 13.0. The van der Waals surface area contributed by atoms with E-state index in [1.165, 1.54) is 12.1 Å². The molecule has 1 aromatic carbocycles. The molecular formula is C16H20FN3O2S. The first-order chi connectivity index (χ1) is 11.0. The average Bonchev–Trinajstić information content (AvgIpc) is 3.05. The van der Waals surface area contributed by atoms with Crippen molar-refractivity contribution in [3.05, 3.63) is 42.5 Å². The van der Waals surface area contributed by atoms with Crippen molar-refractivity contribution < 1.29 is 12.8 Å². The van der Waals surface area contributed by atoms with E-state index in [-0.39, 0.29) is 17.6 Å². The van der Waals surface area contributed by atoms with Crippen molar-refractivity contribution in [3.63, 3.8) is 0 Å². The van der Waals surface area contributed by atoms with E-state index in [0.29, 0.717) is 13.1 Å². The maximum Gasteiger partial charge on any atom is 0.213 e. The number of hydrogen-bond acceptors (Lipinski definition) is 3. The highest BCUT2D eigenvalue weighted by Crippen LogP contribution is 2.26. The van der Waals surface area contributed by atoms with Crippen LogP contribution < -0.4 is 0 Å². The van der Waals surface area contributed by atoms with E-state index in [2.05, 4.69) is 5.10 Å². The third-order valence-corrected chi connectivity index (χ3v) is 6.22. The molecule has 1 fully saturated rings. The molecule has 0 spiro atoms. The first kappa shape index (κ1) is 16.1. The van der Waals surface area contributed by atoms with Crippen LogP contribution in [0.4, 0.5) is 4.39 Å². The van der Waals surface area contributed by atoms with E-state index >= 15 is 0 Å². The number of halogens is 1. The van der Waals surface area contributed by atoms with Crippen LogP contribution >= 0.6 is 0 Å². The Kier molecular flexibility index (Phi) is 4.50. The minimum absolute atomic E-state index is 0.147. The van der Waals surface area contributed by atoms with Gasteiger partial charge >= 0.3 is 0 Å². The van der Waals surface area contributed by atoms with Gasteiger partial charge in [0.25, 0.3) is 0 Å². The van der Waals surface area contributed by atoms with Crippen LogP contribution in [-0.2, 0) is 10.0 Å². The second-order valence-electron chi connectivity index (χ2n) is 5.75. The summed E-state index contributed by atoms with van der Waals surface area (Å²) in [6, 6.07) is 6.52. The molecule has 1 aliphatic rings. The predicted molar refractivity (Wildman–Crippen MR) is 86.9 cm³/mol. The van der Waals surface area contributed by atoms with Crippen molar-refractivity contribution >= 4 is 10.0 Å². The molecule has 1 aliphatic heterocycles. The fourth-order valence-corrected chi connectivity index (χ4v) is 4.03. The highest BCUT2D eigenvalue weighted by atomic mass is 32.2. The lowest BCUT2D eigenvalue weighted by molar-refractivity contribution is 0.261. The lowest BCUT2D eigenvalue weighted by atomic mass is 10.1. The van der Waals surface area contributed by atoms with Gasteiger partial charge in [0.05, 0.1) is 18.0 Å². The Bertz CT molecular complexity index is 763. The molecule has 23 heavy (non-hydrogen) atoms. The SMILES string of the molecule is CCS(=O)(=O)N1CCC(n2cc(-c3ccc(F)cc3)cn2)CC1. The number of benzene rings is 1. The van der Waals surface area contributed by atoms with Gasteiger partial charge in [-0.3, -0.25) is 4.68 Å². The molecule has 5 nitrogen and oxygen atoms in total. The van der Waals surface area contributed by atoms with Crippen molar-refractivity contribution in [3.8, 4) is 11.1 Å². The van der Waals surface area contributed by atoms with E-state index in [1.807, 2.05) is 10.9 Å². The number of piperidine rings is 1. The summed E-state index contributed by atoms with van der Waals surface area (Å²) >= 11 is 0. The van der Waals surface area contributed by atoms with Crippen molar-refractivity contribution in [2.45, 2.75) is 25.8 Å². The smallest absolute Gasteiger partial charge is 0.213 e. The molecule has 1 saturated heterocycles. The minimum atomic E-state index is -3.10. The van der Waals surface area contributed by atoms with Crippen molar-refractivity contribution in [2.24, 2.45) is 0 Å². The van der Waals surface area contributed by atoms with Gasteiger partial charge in [0, 0.05) is 24.8 Å². The zero-order chi connectivity index (χ0) is 16.4. The average molecular weight is 337 g/mol. The summed E-state index contributed by atoms with van der Waals surface area (Å²) in [6.45, 7) is 2.74. The number of sulfonamides is 1. The minimum Gasteiger partial charge on any atom is -0.269 e. The molecule has 2 aromatic rings. The van der Waals surface area contributed by atoms with Gasteiger partial charge in [-0.25, -0.2) is 17.1 Å². The van der Waals surface area contributed by atoms with E-state index < -0.39 is 10.0 Å². The molecule has 0 amide bonds. The van der Waals surface area contributed by atoms with E-state index in [0.717, 1.165) is 24.0 Å². The molecule has 0 aliphatic carbocycles. The molecule has 1 aromatic heterocycles. The second-order valence-corrected chi connectivity index (χ2v) is 8.00. The fourth-order valence-electron chi connectivity index (χ4n) is 2.90. The van der Waals surface area contributed by atoms with Gasteiger partial charge < -0.3 is 0 Å². The van der Waals surface area contributed by atoms with Crippen LogP contribution in [0.5, 0.6) is 0 Å². The van der Waals surface area contributed by atoms with Crippen LogP contribution in [0.15, 0.2) is 36.7 Å². The van der Waals surface area contributed by atoms with Gasteiger partial charge in [0.2, 0.25) is 10.0 Å². The Morgan fingerprint density at radius 1 is 1.17 bits per heavy atom. The summed E-state index contributed by atoms with van der Waals surface area (Å²) in [4.78, 5) is 0. The number of nitrogens with zero attached hydrogens (tertiary/aromatic N) is 3. The summed E-state index contributed by atoms with van der Waals surface area (Å²) in [6.07, 6.45) is 5.22. The Balaban J connectivity index is 1.69. The van der Waals surface area contributed by atoms with Crippen LogP contribution in [0.3, 0.4) is 0 Å². The van der Waals surface area contributed by atoms with Gasteiger partial charge in [0.15, 0.2) is 0 Å². The van der Waals surface area contributed by atoms with Crippen LogP contribution in [-0.4, -0.2) is 41.3 Å². The zero-order valence-corrected chi connectivity index (χ0v) is 13.8. The lowest BCUT2D eigenvalue weighted by Gasteiger charge is -2.31. The summed E-state index contributed by atoms with van der Waals surface area (Å²) in [5, 5.41) is 4.40. The predicted octanol–water partition coefficient (Wildman–Crippen LogP) is 2.68. The lowest BCUT2D eigenvalue weighted by Crippen LogP contribution is -2.39. The quantitative estimate of drug-likeness (QED) is 0.862. The highest BCUT2D eigenvalue weighted by Gasteiger charge is 2.27. The van der Waals surface area contributed by atoms with Gasteiger partial charge in [0.1, 0.15) is 5.82 Å².